The molecule has 10 heteroatoms. The molecule has 172 valence electrons. The molecular weight excluding hydrogens is 435 g/mol. The smallest absolute Gasteiger partial charge is 0.229 e. The molecule has 5 aromatic rings. The number of fused-ring (bicyclic) bond motifs is 2. The number of morpholine rings is 1. The van der Waals surface area contributed by atoms with E-state index in [0.717, 1.165) is 16.9 Å². The van der Waals surface area contributed by atoms with Gasteiger partial charge in [0.1, 0.15) is 18.0 Å². The Morgan fingerprint density at radius 1 is 1.03 bits per heavy atom. The van der Waals surface area contributed by atoms with E-state index >= 15 is 0 Å². The first-order chi connectivity index (χ1) is 16.7. The molecule has 1 aliphatic heterocycles. The number of rotatable bonds is 5. The van der Waals surface area contributed by atoms with Crippen molar-refractivity contribution in [1.82, 2.24) is 29.1 Å². The lowest BCUT2D eigenvalue weighted by Crippen LogP contribution is -2.37. The zero-order valence-electron chi connectivity index (χ0n) is 18.6. The van der Waals surface area contributed by atoms with E-state index in [-0.39, 0.29) is 5.82 Å². The van der Waals surface area contributed by atoms with Gasteiger partial charge in [-0.05, 0) is 30.3 Å². The highest BCUT2D eigenvalue weighted by atomic mass is 19.1. The summed E-state index contributed by atoms with van der Waals surface area (Å²) < 4.78 is 23.3. The molecule has 0 spiro atoms. The summed E-state index contributed by atoms with van der Waals surface area (Å²) in [6.07, 6.45) is 1.65. The first kappa shape index (κ1) is 20.5. The van der Waals surface area contributed by atoms with Gasteiger partial charge in [0.2, 0.25) is 5.95 Å². The summed E-state index contributed by atoms with van der Waals surface area (Å²) in [5.74, 6) is 1.75. The van der Waals surface area contributed by atoms with Crippen molar-refractivity contribution in [3.8, 4) is 5.69 Å². The summed E-state index contributed by atoms with van der Waals surface area (Å²) in [4.78, 5) is 21.0. The summed E-state index contributed by atoms with van der Waals surface area (Å²) in [6, 6.07) is 14.4. The first-order valence-corrected chi connectivity index (χ1v) is 11.2. The van der Waals surface area contributed by atoms with Crippen LogP contribution in [0.5, 0.6) is 0 Å². The van der Waals surface area contributed by atoms with Crippen LogP contribution in [0.3, 0.4) is 0 Å². The second kappa shape index (κ2) is 8.38. The predicted molar refractivity (Wildman–Crippen MR) is 128 cm³/mol. The maximum Gasteiger partial charge on any atom is 0.229 e. The van der Waals surface area contributed by atoms with E-state index in [1.807, 2.05) is 37.4 Å². The number of hydrogen-bond donors (Lipinski definition) is 1. The zero-order valence-corrected chi connectivity index (χ0v) is 18.6. The van der Waals surface area contributed by atoms with Crippen molar-refractivity contribution in [2.24, 2.45) is 7.05 Å². The molecule has 0 bridgehead atoms. The van der Waals surface area contributed by atoms with Gasteiger partial charge in [-0.2, -0.15) is 9.97 Å². The molecule has 1 saturated heterocycles. The summed E-state index contributed by atoms with van der Waals surface area (Å²) in [6.45, 7) is 3.10. The van der Waals surface area contributed by atoms with Crippen molar-refractivity contribution < 1.29 is 9.13 Å². The average molecular weight is 459 g/mol. The monoisotopic (exact) mass is 458 g/mol. The minimum absolute atomic E-state index is 0.318. The third kappa shape index (κ3) is 3.61. The van der Waals surface area contributed by atoms with Gasteiger partial charge in [-0.1, -0.05) is 18.2 Å². The Morgan fingerprint density at radius 2 is 1.88 bits per heavy atom. The lowest BCUT2D eigenvalue weighted by molar-refractivity contribution is 0.122. The number of nitrogens with one attached hydrogen (secondary N) is 1. The highest BCUT2D eigenvalue weighted by molar-refractivity contribution is 5.85. The van der Waals surface area contributed by atoms with Gasteiger partial charge in [0.15, 0.2) is 17.0 Å². The summed E-state index contributed by atoms with van der Waals surface area (Å²) in [5.41, 5.74) is 3.88. The van der Waals surface area contributed by atoms with Crippen molar-refractivity contribution >= 4 is 34.0 Å². The van der Waals surface area contributed by atoms with Crippen LogP contribution in [-0.4, -0.2) is 55.4 Å². The Bertz CT molecular complexity index is 1490. The maximum absolute atomic E-state index is 13.9. The standard InChI is InChI=1S/C24H23FN8O/c1-31-19-8-3-2-7-18(19)28-20(31)14-26-22-21-23(30-24(29-22)32-9-11-34-12-10-32)33(15-27-21)17-6-4-5-16(25)13-17/h2-8,13,15H,9-12,14H2,1H3,(H,26,29,30). The number of halogens is 1. The van der Waals surface area contributed by atoms with Crippen LogP contribution in [0, 0.1) is 5.82 Å². The van der Waals surface area contributed by atoms with Gasteiger partial charge in [0, 0.05) is 20.1 Å². The normalized spacial score (nSPS) is 14.2. The number of imidazole rings is 2. The number of anilines is 2. The van der Waals surface area contributed by atoms with Gasteiger partial charge in [-0.15, -0.1) is 0 Å². The molecule has 0 unspecified atom stereocenters. The quantitative estimate of drug-likeness (QED) is 0.433. The number of aryl methyl sites for hydroxylation is 1. The van der Waals surface area contributed by atoms with E-state index < -0.39 is 0 Å². The molecular formula is C24H23FN8O. The van der Waals surface area contributed by atoms with Crippen LogP contribution >= 0.6 is 0 Å². The van der Waals surface area contributed by atoms with Crippen LogP contribution in [0.4, 0.5) is 16.2 Å². The summed E-state index contributed by atoms with van der Waals surface area (Å²) >= 11 is 0. The number of ether oxygens (including phenoxy) is 1. The van der Waals surface area contributed by atoms with Crippen LogP contribution in [0.15, 0.2) is 54.9 Å². The highest BCUT2D eigenvalue weighted by Gasteiger charge is 2.20. The lowest BCUT2D eigenvalue weighted by atomic mass is 10.3. The third-order valence-electron chi connectivity index (χ3n) is 6.06. The Labute approximate surface area is 194 Å². The van der Waals surface area contributed by atoms with E-state index in [0.29, 0.717) is 61.5 Å². The van der Waals surface area contributed by atoms with E-state index in [1.54, 1.807) is 17.0 Å². The van der Waals surface area contributed by atoms with Crippen molar-refractivity contribution in [2.75, 3.05) is 36.5 Å². The molecule has 1 N–H and O–H groups in total. The second-order valence-corrected chi connectivity index (χ2v) is 8.17. The average Bonchev–Trinajstić information content (AvgIpc) is 3.44. The molecule has 1 fully saturated rings. The number of para-hydroxylation sites is 2. The SMILES string of the molecule is Cn1c(CNc2nc(N3CCOCC3)nc3c2ncn3-c2cccc(F)c2)nc2ccccc21. The summed E-state index contributed by atoms with van der Waals surface area (Å²) in [7, 11) is 2.00. The topological polar surface area (TPSA) is 85.9 Å². The Balaban J connectivity index is 1.42. The molecule has 0 saturated carbocycles. The predicted octanol–water partition coefficient (Wildman–Crippen LogP) is 3.29. The Morgan fingerprint density at radius 3 is 2.71 bits per heavy atom. The third-order valence-corrected chi connectivity index (χ3v) is 6.06. The summed E-state index contributed by atoms with van der Waals surface area (Å²) in [5, 5.41) is 3.42. The molecule has 9 nitrogen and oxygen atoms in total. The van der Waals surface area contributed by atoms with Crippen LogP contribution < -0.4 is 10.2 Å². The lowest BCUT2D eigenvalue weighted by Gasteiger charge is -2.27. The van der Waals surface area contributed by atoms with Crippen molar-refractivity contribution in [3.63, 3.8) is 0 Å². The van der Waals surface area contributed by atoms with Crippen LogP contribution in [0.2, 0.25) is 0 Å². The fourth-order valence-electron chi connectivity index (χ4n) is 4.25. The number of hydrogen-bond acceptors (Lipinski definition) is 7. The second-order valence-electron chi connectivity index (χ2n) is 8.17. The maximum atomic E-state index is 13.9. The molecule has 0 radical (unpaired) electrons. The molecule has 1 aliphatic rings. The van der Waals surface area contributed by atoms with Gasteiger partial charge >= 0.3 is 0 Å². The largest absolute Gasteiger partial charge is 0.378 e. The number of nitrogens with zero attached hydrogens (tertiary/aromatic N) is 7. The molecule has 4 heterocycles. The molecule has 0 amide bonds. The van der Waals surface area contributed by atoms with Crippen molar-refractivity contribution in [3.05, 3.63) is 66.5 Å². The van der Waals surface area contributed by atoms with Crippen molar-refractivity contribution in [2.45, 2.75) is 6.54 Å². The minimum atomic E-state index is -0.318. The fourth-order valence-corrected chi connectivity index (χ4v) is 4.25. The molecule has 2 aromatic carbocycles. The molecule has 34 heavy (non-hydrogen) atoms. The fraction of sp³-hybridized carbons (Fsp3) is 0.250. The van der Waals surface area contributed by atoms with Crippen LogP contribution in [-0.2, 0) is 18.3 Å². The molecule has 0 atom stereocenters. The number of benzene rings is 2. The zero-order chi connectivity index (χ0) is 23.1. The highest BCUT2D eigenvalue weighted by Crippen LogP contribution is 2.26. The van der Waals surface area contributed by atoms with Crippen molar-refractivity contribution in [1.29, 1.82) is 0 Å². The van der Waals surface area contributed by atoms with Gasteiger partial charge in [0.05, 0.1) is 36.5 Å². The molecule has 6 rings (SSSR count). The minimum Gasteiger partial charge on any atom is -0.378 e. The van der Waals surface area contributed by atoms with Gasteiger partial charge < -0.3 is 19.5 Å². The van der Waals surface area contributed by atoms with Gasteiger partial charge in [0.25, 0.3) is 0 Å². The first-order valence-electron chi connectivity index (χ1n) is 11.2. The molecule has 3 aromatic heterocycles. The van der Waals surface area contributed by atoms with E-state index in [9.17, 15) is 4.39 Å². The van der Waals surface area contributed by atoms with E-state index in [2.05, 4.69) is 19.8 Å². The number of aromatic nitrogens is 6. The molecule has 0 aliphatic carbocycles. The Hall–Kier alpha value is -4.05. The van der Waals surface area contributed by atoms with Gasteiger partial charge in [-0.3, -0.25) is 4.57 Å². The van der Waals surface area contributed by atoms with Crippen LogP contribution in [0.1, 0.15) is 5.82 Å². The van der Waals surface area contributed by atoms with Crippen LogP contribution in [0.25, 0.3) is 27.9 Å². The van der Waals surface area contributed by atoms with E-state index in [4.69, 9.17) is 19.7 Å². The van der Waals surface area contributed by atoms with E-state index in [1.165, 1.54) is 12.1 Å². The van der Waals surface area contributed by atoms with Gasteiger partial charge in [-0.25, -0.2) is 14.4 Å². The Kier molecular flexibility index (Phi) is 5.06.